The molecule has 0 saturated heterocycles. The summed E-state index contributed by atoms with van der Waals surface area (Å²) in [4.78, 5) is 9.59. The first-order valence-electron chi connectivity index (χ1n) is 12.3. The summed E-state index contributed by atoms with van der Waals surface area (Å²) in [5.41, 5.74) is 15.6. The molecule has 0 bridgehead atoms. The number of rotatable bonds is 6. The van der Waals surface area contributed by atoms with E-state index in [1.807, 2.05) is 38.1 Å². The van der Waals surface area contributed by atoms with E-state index in [0.717, 1.165) is 12.8 Å². The molecule has 4 heteroatoms. The molecule has 0 spiro atoms. The van der Waals surface area contributed by atoms with Crippen LogP contribution in [0.5, 0.6) is 0 Å². The van der Waals surface area contributed by atoms with E-state index in [1.165, 1.54) is 34.9 Å². The monoisotopic (exact) mass is 478 g/mol. The van der Waals surface area contributed by atoms with E-state index >= 15 is 0 Å². The zero-order valence-electron chi connectivity index (χ0n) is 22.5. The number of aliphatic hydroxyl groups is 1. The fraction of sp³-hybridized carbons (Fsp3) is 0.323. The molecule has 4 nitrogen and oxygen atoms in total. The third-order valence-corrected chi connectivity index (χ3v) is 4.70. The number of carbonyl (C=O) groups excluding carboxylic acids is 1. The van der Waals surface area contributed by atoms with Gasteiger partial charge in [0.25, 0.3) is 0 Å². The normalized spacial score (nSPS) is 9.43. The van der Waals surface area contributed by atoms with Crippen molar-refractivity contribution >= 4 is 11.5 Å². The number of allylic oxidation sites excluding steroid dienone is 2. The van der Waals surface area contributed by atoms with Gasteiger partial charge in [0.05, 0.1) is 0 Å². The summed E-state index contributed by atoms with van der Waals surface area (Å²) in [6.45, 7) is 10.2. The summed E-state index contributed by atoms with van der Waals surface area (Å²) in [6.07, 6.45) is 4.43. The van der Waals surface area contributed by atoms with E-state index in [4.69, 9.17) is 5.11 Å². The average Bonchev–Trinajstić information content (AvgIpc) is 2.95. The standard InChI is InChI=1S/C16H16.C9H12O.C3H7NO.C2H6.CH5N/c1-3-13(2)14-9-11-16(12-10-14)15-7-5-4-6-8-15;10-8-4-7-9-5-2-1-3-6-9;1-2-3(4)5;2*1-2/h3-12H,1-2H3;1-3,5-6,10H,4,7-8H2;2H2,1H3,(H2,4,5);1-2H3;2H2,1H3/b13-3+;;;;. The number of carbonyl (C=O) groups is 1. The second-order valence-corrected chi connectivity index (χ2v) is 7.05. The summed E-state index contributed by atoms with van der Waals surface area (Å²) in [5, 5.41) is 8.53. The minimum absolute atomic E-state index is 0.245. The first kappa shape index (κ1) is 34.0. The van der Waals surface area contributed by atoms with E-state index in [2.05, 4.69) is 92.1 Å². The maximum atomic E-state index is 9.59. The van der Waals surface area contributed by atoms with E-state index < -0.39 is 0 Å². The lowest BCUT2D eigenvalue weighted by Gasteiger charge is -2.04. The van der Waals surface area contributed by atoms with Crippen LogP contribution in [-0.2, 0) is 11.2 Å². The van der Waals surface area contributed by atoms with Gasteiger partial charge in [-0.2, -0.15) is 0 Å². The maximum Gasteiger partial charge on any atom is 0.217 e. The molecule has 0 aliphatic rings. The van der Waals surface area contributed by atoms with Crippen LogP contribution >= 0.6 is 0 Å². The Morgan fingerprint density at radius 1 is 0.829 bits per heavy atom. The molecule has 3 aromatic carbocycles. The molecule has 0 unspecified atom stereocenters. The smallest absolute Gasteiger partial charge is 0.217 e. The molecule has 0 aromatic heterocycles. The van der Waals surface area contributed by atoms with Gasteiger partial charge in [0.1, 0.15) is 0 Å². The number of nitrogens with two attached hydrogens (primary N) is 2. The van der Waals surface area contributed by atoms with Gasteiger partial charge in [-0.25, -0.2) is 0 Å². The predicted molar refractivity (Wildman–Crippen MR) is 154 cm³/mol. The number of benzene rings is 3. The molecule has 1 amide bonds. The molecule has 35 heavy (non-hydrogen) atoms. The SMILES string of the molecule is C/C=C(\C)c1ccc(-c2ccccc2)cc1.CC.CCC(N)=O.CN.OCCCc1ccccc1. The van der Waals surface area contributed by atoms with Gasteiger partial charge in [0, 0.05) is 13.0 Å². The largest absolute Gasteiger partial charge is 0.396 e. The van der Waals surface area contributed by atoms with Gasteiger partial charge in [-0.1, -0.05) is 112 Å². The molecule has 0 heterocycles. The Morgan fingerprint density at radius 2 is 1.26 bits per heavy atom. The number of hydrogen-bond donors (Lipinski definition) is 3. The molecule has 0 radical (unpaired) electrons. The summed E-state index contributed by atoms with van der Waals surface area (Å²) >= 11 is 0. The zero-order chi connectivity index (χ0) is 26.9. The van der Waals surface area contributed by atoms with Gasteiger partial charge in [0.15, 0.2) is 0 Å². The third-order valence-electron chi connectivity index (χ3n) is 4.70. The molecule has 5 N–H and O–H groups in total. The van der Waals surface area contributed by atoms with Crippen LogP contribution < -0.4 is 11.5 Å². The van der Waals surface area contributed by atoms with Crippen molar-refractivity contribution in [1.29, 1.82) is 0 Å². The number of primary amides is 1. The van der Waals surface area contributed by atoms with Gasteiger partial charge in [-0.05, 0) is 61.6 Å². The highest BCUT2D eigenvalue weighted by Gasteiger charge is 1.97. The van der Waals surface area contributed by atoms with Gasteiger partial charge in [-0.3, -0.25) is 4.79 Å². The van der Waals surface area contributed by atoms with Crippen LogP contribution in [-0.4, -0.2) is 24.7 Å². The molecule has 3 rings (SSSR count). The number of hydrogen-bond acceptors (Lipinski definition) is 3. The van der Waals surface area contributed by atoms with Crippen LogP contribution in [0, 0.1) is 0 Å². The molecule has 0 aliphatic heterocycles. The first-order valence-corrected chi connectivity index (χ1v) is 12.3. The molecule has 192 valence electrons. The van der Waals surface area contributed by atoms with Crippen molar-refractivity contribution in [2.75, 3.05) is 13.7 Å². The van der Waals surface area contributed by atoms with E-state index in [1.54, 1.807) is 6.92 Å². The van der Waals surface area contributed by atoms with Crippen LogP contribution in [0.1, 0.15) is 58.6 Å². The van der Waals surface area contributed by atoms with Crippen molar-refractivity contribution in [2.24, 2.45) is 11.5 Å². The van der Waals surface area contributed by atoms with E-state index in [-0.39, 0.29) is 12.5 Å². The summed E-state index contributed by atoms with van der Waals surface area (Å²) in [6, 6.07) is 29.4. The third kappa shape index (κ3) is 17.0. The highest BCUT2D eigenvalue weighted by atomic mass is 16.2. The first-order chi connectivity index (χ1) is 17.0. The molecular weight excluding hydrogens is 432 g/mol. The zero-order valence-corrected chi connectivity index (χ0v) is 22.5. The Balaban J connectivity index is 0. The van der Waals surface area contributed by atoms with Gasteiger partial charge < -0.3 is 16.6 Å². The Kier molecular flexibility index (Phi) is 23.2. The Morgan fingerprint density at radius 3 is 1.66 bits per heavy atom. The van der Waals surface area contributed by atoms with Crippen molar-refractivity contribution in [3.63, 3.8) is 0 Å². The summed E-state index contributed by atoms with van der Waals surface area (Å²) < 4.78 is 0. The lowest BCUT2D eigenvalue weighted by Crippen LogP contribution is -2.06. The van der Waals surface area contributed by atoms with Crippen LogP contribution in [0.4, 0.5) is 0 Å². The number of amides is 1. The molecule has 3 aromatic rings. The highest BCUT2D eigenvalue weighted by Crippen LogP contribution is 2.21. The predicted octanol–water partition coefficient (Wildman–Crippen LogP) is 6.87. The van der Waals surface area contributed by atoms with Crippen LogP contribution in [0.15, 0.2) is 91.0 Å². The highest BCUT2D eigenvalue weighted by molar-refractivity contribution is 5.73. The van der Waals surface area contributed by atoms with E-state index in [0.29, 0.717) is 6.42 Å². The van der Waals surface area contributed by atoms with Gasteiger partial charge in [-0.15, -0.1) is 0 Å². The van der Waals surface area contributed by atoms with Crippen molar-refractivity contribution in [3.05, 3.63) is 102 Å². The second kappa shape index (κ2) is 23.9. The van der Waals surface area contributed by atoms with Gasteiger partial charge >= 0.3 is 0 Å². The summed E-state index contributed by atoms with van der Waals surface area (Å²) in [5.74, 6) is -0.245. The maximum absolute atomic E-state index is 9.59. The fourth-order valence-corrected chi connectivity index (χ4v) is 2.65. The van der Waals surface area contributed by atoms with E-state index in [9.17, 15) is 4.79 Å². The topological polar surface area (TPSA) is 89.3 Å². The minimum atomic E-state index is -0.245. The van der Waals surface area contributed by atoms with Crippen molar-refractivity contribution in [3.8, 4) is 11.1 Å². The quantitative estimate of drug-likeness (QED) is 0.361. The van der Waals surface area contributed by atoms with Gasteiger partial charge in [0.2, 0.25) is 5.91 Å². The van der Waals surface area contributed by atoms with Crippen LogP contribution in [0.25, 0.3) is 16.7 Å². The molecule has 0 atom stereocenters. The lowest BCUT2D eigenvalue weighted by molar-refractivity contribution is -0.117. The summed E-state index contributed by atoms with van der Waals surface area (Å²) in [7, 11) is 1.50. The van der Waals surface area contributed by atoms with Crippen molar-refractivity contribution < 1.29 is 9.90 Å². The molecule has 0 saturated carbocycles. The fourth-order valence-electron chi connectivity index (χ4n) is 2.65. The van der Waals surface area contributed by atoms with Crippen LogP contribution in [0.2, 0.25) is 0 Å². The molecule has 0 fully saturated rings. The Labute approximate surface area is 213 Å². The molecular formula is C31H46N2O2. The minimum Gasteiger partial charge on any atom is -0.396 e. The Bertz CT molecular complexity index is 890. The van der Waals surface area contributed by atoms with Crippen molar-refractivity contribution in [1.82, 2.24) is 0 Å². The number of aliphatic hydroxyl groups excluding tert-OH is 1. The Hall–Kier alpha value is -3.21. The average molecular weight is 479 g/mol. The second-order valence-electron chi connectivity index (χ2n) is 7.05. The lowest BCUT2D eigenvalue weighted by atomic mass is 10.0. The van der Waals surface area contributed by atoms with Crippen molar-refractivity contribution in [2.45, 2.75) is 53.9 Å². The molecule has 0 aliphatic carbocycles. The number of aryl methyl sites for hydroxylation is 1. The van der Waals surface area contributed by atoms with Crippen LogP contribution in [0.3, 0.4) is 0 Å².